The Morgan fingerprint density at radius 2 is 1.57 bits per heavy atom. The monoisotopic (exact) mass is 296 g/mol. The molecule has 1 nitrogen and oxygen atoms in total. The maximum Gasteiger partial charge on any atom is 0.190 e. The third kappa shape index (κ3) is 2.43. The number of carbonyl (C=O) groups is 1. The van der Waals surface area contributed by atoms with E-state index in [0.717, 1.165) is 16.7 Å². The molecule has 0 aliphatic heterocycles. The highest BCUT2D eigenvalue weighted by atomic mass is 35.5. The molecule has 0 aromatic heterocycles. The van der Waals surface area contributed by atoms with Crippen LogP contribution in [0.4, 0.5) is 0 Å². The summed E-state index contributed by atoms with van der Waals surface area (Å²) in [6.45, 7) is 4.24. The molecule has 0 fully saturated rings. The lowest BCUT2D eigenvalue weighted by Crippen LogP contribution is -2.27. The maximum absolute atomic E-state index is 12.8. The fourth-order valence-electron chi connectivity index (χ4n) is 2.92. The number of ketones is 1. The molecule has 1 aliphatic rings. The predicted molar refractivity (Wildman–Crippen MR) is 86.9 cm³/mol. The van der Waals surface area contributed by atoms with Gasteiger partial charge in [-0.3, -0.25) is 4.79 Å². The molecule has 0 saturated carbocycles. The van der Waals surface area contributed by atoms with Crippen LogP contribution in [-0.2, 0) is 5.41 Å². The molecule has 3 rings (SSSR count). The lowest BCUT2D eigenvalue weighted by atomic mass is 9.73. The van der Waals surface area contributed by atoms with Gasteiger partial charge in [0.05, 0.1) is 5.38 Å². The summed E-state index contributed by atoms with van der Waals surface area (Å²) in [6.07, 6.45) is 2.02. The summed E-state index contributed by atoms with van der Waals surface area (Å²) in [5.41, 5.74) is 3.26. The van der Waals surface area contributed by atoms with Gasteiger partial charge in [-0.2, -0.15) is 0 Å². The van der Waals surface area contributed by atoms with Crippen molar-refractivity contribution in [3.63, 3.8) is 0 Å². The van der Waals surface area contributed by atoms with Gasteiger partial charge in [-0.25, -0.2) is 0 Å². The fraction of sp³-hybridized carbons (Fsp3) is 0.211. The van der Waals surface area contributed by atoms with Gasteiger partial charge in [-0.05, 0) is 11.1 Å². The normalized spacial score (nSPS) is 17.9. The first kappa shape index (κ1) is 14.1. The van der Waals surface area contributed by atoms with Crippen molar-refractivity contribution in [3.05, 3.63) is 82.9 Å². The third-order valence-corrected chi connectivity index (χ3v) is 4.50. The van der Waals surface area contributed by atoms with Crippen molar-refractivity contribution in [2.75, 3.05) is 0 Å². The average Bonchev–Trinajstić information content (AvgIpc) is 2.51. The SMILES string of the molecule is CC1(C)C=C(C(Cl)c2ccccc2)C(=O)c2ccccc21. The van der Waals surface area contributed by atoms with E-state index in [9.17, 15) is 4.79 Å². The molecule has 0 radical (unpaired) electrons. The lowest BCUT2D eigenvalue weighted by molar-refractivity contribution is 0.102. The standard InChI is InChI=1S/C19H17ClO/c1-19(2)12-15(17(20)13-8-4-3-5-9-13)18(21)14-10-6-7-11-16(14)19/h3-12,17H,1-2H3. The van der Waals surface area contributed by atoms with Crippen molar-refractivity contribution >= 4 is 17.4 Å². The van der Waals surface area contributed by atoms with E-state index in [0.29, 0.717) is 5.57 Å². The quantitative estimate of drug-likeness (QED) is 0.707. The molecule has 0 amide bonds. The van der Waals surface area contributed by atoms with E-state index >= 15 is 0 Å². The van der Waals surface area contributed by atoms with Crippen LogP contribution in [0.5, 0.6) is 0 Å². The largest absolute Gasteiger partial charge is 0.289 e. The first-order valence-corrected chi connectivity index (χ1v) is 7.50. The number of allylic oxidation sites excluding steroid dienone is 2. The first-order chi connectivity index (χ1) is 10.0. The van der Waals surface area contributed by atoms with Gasteiger partial charge >= 0.3 is 0 Å². The number of fused-ring (bicyclic) bond motifs is 1. The Bertz CT molecular complexity index is 713. The van der Waals surface area contributed by atoms with E-state index in [1.165, 1.54) is 0 Å². The maximum atomic E-state index is 12.8. The van der Waals surface area contributed by atoms with Crippen LogP contribution < -0.4 is 0 Å². The minimum absolute atomic E-state index is 0.0359. The summed E-state index contributed by atoms with van der Waals surface area (Å²) in [4.78, 5) is 12.8. The highest BCUT2D eigenvalue weighted by Crippen LogP contribution is 2.41. The molecule has 21 heavy (non-hydrogen) atoms. The number of halogens is 1. The first-order valence-electron chi connectivity index (χ1n) is 7.07. The van der Waals surface area contributed by atoms with E-state index in [4.69, 9.17) is 11.6 Å². The molecule has 2 aromatic rings. The summed E-state index contributed by atoms with van der Waals surface area (Å²) in [5, 5.41) is -0.411. The molecular formula is C19H17ClO. The second-order valence-corrected chi connectivity index (χ2v) is 6.41. The Labute approximate surface area is 130 Å². The van der Waals surface area contributed by atoms with Crippen LogP contribution in [0.3, 0.4) is 0 Å². The molecule has 2 aromatic carbocycles. The minimum Gasteiger partial charge on any atom is -0.289 e. The molecule has 1 aliphatic carbocycles. The number of Topliss-reactive ketones (excluding diaryl/α,β-unsaturated/α-hetero) is 1. The highest BCUT2D eigenvalue weighted by molar-refractivity contribution is 6.28. The summed E-state index contributed by atoms with van der Waals surface area (Å²) in [6, 6.07) is 17.5. The van der Waals surface area contributed by atoms with Crippen LogP contribution in [0.15, 0.2) is 66.2 Å². The fourth-order valence-corrected chi connectivity index (χ4v) is 3.23. The van der Waals surface area contributed by atoms with Crippen LogP contribution in [0.25, 0.3) is 0 Å². The lowest BCUT2D eigenvalue weighted by Gasteiger charge is -2.31. The molecule has 2 heteroatoms. The number of hydrogen-bond acceptors (Lipinski definition) is 1. The Morgan fingerprint density at radius 1 is 0.952 bits per heavy atom. The van der Waals surface area contributed by atoms with Crippen molar-refractivity contribution in [1.82, 2.24) is 0 Å². The zero-order valence-corrected chi connectivity index (χ0v) is 12.9. The van der Waals surface area contributed by atoms with Crippen LogP contribution in [0, 0.1) is 0 Å². The smallest absolute Gasteiger partial charge is 0.190 e. The molecule has 0 N–H and O–H groups in total. The molecule has 1 unspecified atom stereocenters. The predicted octanol–water partition coefficient (Wildman–Crippen LogP) is 5.07. The number of benzene rings is 2. The number of carbonyl (C=O) groups excluding carboxylic acids is 1. The van der Waals surface area contributed by atoms with Crippen molar-refractivity contribution in [2.24, 2.45) is 0 Å². The third-order valence-electron chi connectivity index (χ3n) is 4.01. The Balaban J connectivity index is 2.09. The van der Waals surface area contributed by atoms with Gasteiger partial charge in [-0.15, -0.1) is 11.6 Å². The van der Waals surface area contributed by atoms with Gasteiger partial charge in [0.2, 0.25) is 0 Å². The van der Waals surface area contributed by atoms with Crippen LogP contribution in [0.1, 0.15) is 40.7 Å². The number of hydrogen-bond donors (Lipinski definition) is 0. The topological polar surface area (TPSA) is 17.1 Å². The van der Waals surface area contributed by atoms with Gasteiger partial charge in [0, 0.05) is 16.6 Å². The van der Waals surface area contributed by atoms with E-state index in [-0.39, 0.29) is 11.2 Å². The van der Waals surface area contributed by atoms with E-state index in [1.54, 1.807) is 0 Å². The average molecular weight is 297 g/mol. The molecule has 1 atom stereocenters. The molecule has 0 bridgehead atoms. The van der Waals surface area contributed by atoms with Gasteiger partial charge < -0.3 is 0 Å². The van der Waals surface area contributed by atoms with E-state index in [1.807, 2.05) is 60.7 Å². The second kappa shape index (κ2) is 5.16. The van der Waals surface area contributed by atoms with Crippen molar-refractivity contribution in [3.8, 4) is 0 Å². The Hall–Kier alpha value is -1.86. The molecular weight excluding hydrogens is 280 g/mol. The Kier molecular flexibility index (Phi) is 3.46. The van der Waals surface area contributed by atoms with Gasteiger partial charge in [-0.1, -0.05) is 74.5 Å². The van der Waals surface area contributed by atoms with Gasteiger partial charge in [0.15, 0.2) is 5.78 Å². The van der Waals surface area contributed by atoms with Crippen molar-refractivity contribution in [1.29, 1.82) is 0 Å². The number of rotatable bonds is 2. The molecule has 0 saturated heterocycles. The molecule has 0 spiro atoms. The zero-order chi connectivity index (χ0) is 15.0. The zero-order valence-electron chi connectivity index (χ0n) is 12.1. The van der Waals surface area contributed by atoms with Gasteiger partial charge in [0.1, 0.15) is 0 Å². The Morgan fingerprint density at radius 3 is 2.29 bits per heavy atom. The summed E-state index contributed by atoms with van der Waals surface area (Å²) in [7, 11) is 0. The molecule has 106 valence electrons. The second-order valence-electron chi connectivity index (χ2n) is 5.97. The summed E-state index contributed by atoms with van der Waals surface area (Å²) in [5.74, 6) is 0.0359. The number of alkyl halides is 1. The van der Waals surface area contributed by atoms with Crippen molar-refractivity contribution in [2.45, 2.75) is 24.6 Å². The van der Waals surface area contributed by atoms with E-state index in [2.05, 4.69) is 13.8 Å². The summed E-state index contributed by atoms with van der Waals surface area (Å²) >= 11 is 6.58. The summed E-state index contributed by atoms with van der Waals surface area (Å²) < 4.78 is 0. The van der Waals surface area contributed by atoms with Crippen molar-refractivity contribution < 1.29 is 4.79 Å². The van der Waals surface area contributed by atoms with E-state index < -0.39 is 5.38 Å². The minimum atomic E-state index is -0.411. The van der Waals surface area contributed by atoms with Gasteiger partial charge in [0.25, 0.3) is 0 Å². The molecule has 0 heterocycles. The van der Waals surface area contributed by atoms with Crippen LogP contribution >= 0.6 is 11.6 Å². The highest BCUT2D eigenvalue weighted by Gasteiger charge is 2.34. The van der Waals surface area contributed by atoms with Crippen LogP contribution in [-0.4, -0.2) is 5.78 Å². The van der Waals surface area contributed by atoms with Crippen LogP contribution in [0.2, 0.25) is 0 Å².